The lowest BCUT2D eigenvalue weighted by molar-refractivity contribution is -0.136. The van der Waals surface area contributed by atoms with E-state index in [9.17, 15) is 9.59 Å². The molecule has 6 nitrogen and oxygen atoms in total. The van der Waals surface area contributed by atoms with Crippen LogP contribution in [0.5, 0.6) is 5.75 Å². The molecule has 1 atom stereocenters. The van der Waals surface area contributed by atoms with E-state index in [4.69, 9.17) is 4.74 Å². The van der Waals surface area contributed by atoms with Crippen LogP contribution < -0.4 is 15.4 Å². The Bertz CT molecular complexity index is 760. The van der Waals surface area contributed by atoms with Crippen molar-refractivity contribution in [2.45, 2.75) is 19.9 Å². The second-order valence-corrected chi connectivity index (χ2v) is 5.71. The lowest BCUT2D eigenvalue weighted by Gasteiger charge is -2.14. The Labute approximate surface area is 146 Å². The van der Waals surface area contributed by atoms with E-state index in [0.717, 1.165) is 11.1 Å². The number of ether oxygens (including phenoxy) is 1. The number of anilines is 1. The highest BCUT2D eigenvalue weighted by Crippen LogP contribution is 2.18. The van der Waals surface area contributed by atoms with Crippen molar-refractivity contribution in [1.29, 1.82) is 0 Å². The van der Waals surface area contributed by atoms with Crippen molar-refractivity contribution in [2.24, 2.45) is 0 Å². The Morgan fingerprint density at radius 2 is 2.04 bits per heavy atom. The Morgan fingerprint density at radius 1 is 1.24 bits per heavy atom. The molecule has 2 rings (SSSR count). The van der Waals surface area contributed by atoms with Crippen LogP contribution in [0.4, 0.5) is 5.69 Å². The first-order valence-corrected chi connectivity index (χ1v) is 7.84. The van der Waals surface area contributed by atoms with Gasteiger partial charge in [0.1, 0.15) is 12.4 Å². The highest BCUT2D eigenvalue weighted by molar-refractivity contribution is 6.39. The predicted octanol–water partition coefficient (Wildman–Crippen LogP) is 2.85. The van der Waals surface area contributed by atoms with Crippen LogP contribution in [-0.4, -0.2) is 23.4 Å². The molecule has 25 heavy (non-hydrogen) atoms. The SMILES string of the molecule is C=C(C)COc1cccc(NC(=O)C(=O)N[C@H](C)c2cccnc2)c1. The summed E-state index contributed by atoms with van der Waals surface area (Å²) in [5.41, 5.74) is 2.19. The summed E-state index contributed by atoms with van der Waals surface area (Å²) < 4.78 is 5.51. The molecule has 1 aromatic carbocycles. The van der Waals surface area contributed by atoms with Crippen LogP contribution in [0.25, 0.3) is 0 Å². The van der Waals surface area contributed by atoms with Gasteiger partial charge >= 0.3 is 11.8 Å². The Kier molecular flexibility index (Phi) is 6.28. The highest BCUT2D eigenvalue weighted by Gasteiger charge is 2.17. The lowest BCUT2D eigenvalue weighted by Crippen LogP contribution is -2.36. The molecule has 0 saturated carbocycles. The number of carbonyl (C=O) groups is 2. The average Bonchev–Trinajstić information content (AvgIpc) is 2.61. The molecule has 0 aliphatic carbocycles. The van der Waals surface area contributed by atoms with Crippen molar-refractivity contribution in [3.05, 3.63) is 66.5 Å². The van der Waals surface area contributed by atoms with Gasteiger partial charge in [0.05, 0.1) is 6.04 Å². The fraction of sp³-hybridized carbons (Fsp3) is 0.211. The number of benzene rings is 1. The molecule has 0 aliphatic rings. The summed E-state index contributed by atoms with van der Waals surface area (Å²) >= 11 is 0. The van der Waals surface area contributed by atoms with Gasteiger partial charge in [-0.1, -0.05) is 18.7 Å². The molecule has 2 N–H and O–H groups in total. The van der Waals surface area contributed by atoms with E-state index in [2.05, 4.69) is 22.2 Å². The van der Waals surface area contributed by atoms with Gasteiger partial charge in [-0.2, -0.15) is 0 Å². The van der Waals surface area contributed by atoms with Crippen LogP contribution in [0.1, 0.15) is 25.5 Å². The molecule has 1 aromatic heterocycles. The molecule has 130 valence electrons. The minimum Gasteiger partial charge on any atom is -0.489 e. The van der Waals surface area contributed by atoms with Crippen molar-refractivity contribution in [1.82, 2.24) is 10.3 Å². The molecule has 1 heterocycles. The second-order valence-electron chi connectivity index (χ2n) is 5.71. The molecule has 2 amide bonds. The van der Waals surface area contributed by atoms with Gasteiger partial charge in [0, 0.05) is 24.1 Å². The fourth-order valence-electron chi connectivity index (χ4n) is 2.04. The molecule has 0 spiro atoms. The van der Waals surface area contributed by atoms with E-state index in [1.165, 1.54) is 0 Å². The summed E-state index contributed by atoms with van der Waals surface area (Å²) in [6, 6.07) is 10.1. The molecule has 2 aromatic rings. The number of hydrogen-bond acceptors (Lipinski definition) is 4. The summed E-state index contributed by atoms with van der Waals surface area (Å²) in [5.74, 6) is -0.873. The quantitative estimate of drug-likeness (QED) is 0.626. The fourth-order valence-corrected chi connectivity index (χ4v) is 2.04. The number of amides is 2. The predicted molar refractivity (Wildman–Crippen MR) is 96.2 cm³/mol. The molecule has 0 fully saturated rings. The number of rotatable bonds is 6. The van der Waals surface area contributed by atoms with Crippen molar-refractivity contribution >= 4 is 17.5 Å². The van der Waals surface area contributed by atoms with E-state index in [1.54, 1.807) is 49.6 Å². The minimum absolute atomic E-state index is 0.322. The molecular formula is C19H21N3O3. The van der Waals surface area contributed by atoms with Crippen molar-refractivity contribution in [3.63, 3.8) is 0 Å². The van der Waals surface area contributed by atoms with Gasteiger partial charge in [-0.25, -0.2) is 0 Å². The van der Waals surface area contributed by atoms with Crippen LogP contribution in [0.15, 0.2) is 60.9 Å². The molecule has 0 saturated heterocycles. The van der Waals surface area contributed by atoms with E-state index >= 15 is 0 Å². The smallest absolute Gasteiger partial charge is 0.313 e. The molecule has 0 unspecified atom stereocenters. The monoisotopic (exact) mass is 339 g/mol. The number of pyridine rings is 1. The topological polar surface area (TPSA) is 80.3 Å². The maximum absolute atomic E-state index is 12.1. The summed E-state index contributed by atoms with van der Waals surface area (Å²) in [6.07, 6.45) is 3.29. The Hall–Kier alpha value is -3.15. The summed E-state index contributed by atoms with van der Waals surface area (Å²) in [7, 11) is 0. The number of carbonyl (C=O) groups excluding carboxylic acids is 2. The Morgan fingerprint density at radius 3 is 2.72 bits per heavy atom. The van der Waals surface area contributed by atoms with Crippen LogP contribution in [0.3, 0.4) is 0 Å². The van der Waals surface area contributed by atoms with E-state index in [0.29, 0.717) is 18.0 Å². The molecule has 0 aliphatic heterocycles. The van der Waals surface area contributed by atoms with Crippen LogP contribution in [0, 0.1) is 0 Å². The zero-order chi connectivity index (χ0) is 18.2. The van der Waals surface area contributed by atoms with Gasteiger partial charge in [-0.15, -0.1) is 0 Å². The molecule has 0 bridgehead atoms. The number of nitrogens with one attached hydrogen (secondary N) is 2. The summed E-state index contributed by atoms with van der Waals surface area (Å²) in [6.45, 7) is 7.80. The van der Waals surface area contributed by atoms with Gasteiger partial charge in [0.25, 0.3) is 0 Å². The van der Waals surface area contributed by atoms with E-state index in [1.807, 2.05) is 13.0 Å². The van der Waals surface area contributed by atoms with E-state index in [-0.39, 0.29) is 6.04 Å². The highest BCUT2D eigenvalue weighted by atomic mass is 16.5. The van der Waals surface area contributed by atoms with Crippen LogP contribution >= 0.6 is 0 Å². The minimum atomic E-state index is -0.743. The number of nitrogens with zero attached hydrogens (tertiary/aromatic N) is 1. The third-order valence-electron chi connectivity index (χ3n) is 3.32. The maximum atomic E-state index is 12.1. The summed E-state index contributed by atoms with van der Waals surface area (Å²) in [5, 5.41) is 5.19. The lowest BCUT2D eigenvalue weighted by atomic mass is 10.1. The largest absolute Gasteiger partial charge is 0.489 e. The zero-order valence-electron chi connectivity index (χ0n) is 14.3. The first kappa shape index (κ1) is 18.2. The van der Waals surface area contributed by atoms with Gasteiger partial charge in [0.15, 0.2) is 0 Å². The normalized spacial score (nSPS) is 11.3. The average molecular weight is 339 g/mol. The maximum Gasteiger partial charge on any atom is 0.313 e. The van der Waals surface area contributed by atoms with Gasteiger partial charge in [0.2, 0.25) is 0 Å². The van der Waals surface area contributed by atoms with Crippen LogP contribution in [-0.2, 0) is 9.59 Å². The van der Waals surface area contributed by atoms with E-state index < -0.39 is 11.8 Å². The second kappa shape index (κ2) is 8.63. The standard InChI is InChI=1S/C19H21N3O3/c1-13(2)12-25-17-8-4-7-16(10-17)22-19(24)18(23)21-14(3)15-6-5-9-20-11-15/h4-11,14H,1,12H2,2-3H3,(H,21,23)(H,22,24)/t14-/m1/s1. The summed E-state index contributed by atoms with van der Waals surface area (Å²) in [4.78, 5) is 28.1. The van der Waals surface area contributed by atoms with Crippen molar-refractivity contribution in [3.8, 4) is 5.75 Å². The van der Waals surface area contributed by atoms with Crippen molar-refractivity contribution in [2.75, 3.05) is 11.9 Å². The number of aromatic nitrogens is 1. The van der Waals surface area contributed by atoms with Crippen molar-refractivity contribution < 1.29 is 14.3 Å². The zero-order valence-corrected chi connectivity index (χ0v) is 14.3. The van der Waals surface area contributed by atoms with Crippen LogP contribution in [0.2, 0.25) is 0 Å². The molecular weight excluding hydrogens is 318 g/mol. The van der Waals surface area contributed by atoms with Gasteiger partial charge in [-0.05, 0) is 43.2 Å². The Balaban J connectivity index is 1.93. The third kappa shape index (κ3) is 5.76. The van der Waals surface area contributed by atoms with Gasteiger partial charge in [-0.3, -0.25) is 14.6 Å². The third-order valence-corrected chi connectivity index (χ3v) is 3.32. The number of hydrogen-bond donors (Lipinski definition) is 2. The first-order chi connectivity index (χ1) is 12.0. The first-order valence-electron chi connectivity index (χ1n) is 7.84. The molecule has 6 heteroatoms. The van der Waals surface area contributed by atoms with Gasteiger partial charge < -0.3 is 15.4 Å². The molecule has 0 radical (unpaired) electrons.